The van der Waals surface area contributed by atoms with Crippen LogP contribution in [-0.2, 0) is 21.7 Å². The lowest BCUT2D eigenvalue weighted by Crippen LogP contribution is -2.57. The van der Waals surface area contributed by atoms with Crippen LogP contribution < -0.4 is 15.8 Å². The Morgan fingerprint density at radius 2 is 1.00 bits per heavy atom. The molecule has 5 heterocycles. The Kier molecular flexibility index (Phi) is 8.53. The first-order valence-corrected chi connectivity index (χ1v) is 25.9. The van der Waals surface area contributed by atoms with Gasteiger partial charge in [-0.25, -0.2) is 9.97 Å². The highest BCUT2D eigenvalue weighted by molar-refractivity contribution is 6.92. The summed E-state index contributed by atoms with van der Waals surface area (Å²) in [5, 5.41) is 9.37. The van der Waals surface area contributed by atoms with Gasteiger partial charge in [0.15, 0.2) is 0 Å². The SMILES string of the molecule is CC(C)(C)c1cc(N2c3cc4c(oc5ccccc54)c4c3B(c3c2ccc2nc5c6ccccc6c6ccccc6c5nc32)n2c3ccc(C(C)(C)C)cc3c3cc(C(C)(C)C)cc-4c32)cc(C(C)(C)C)c1. The normalized spacial score (nSPS) is 14.1. The molecule has 2 aliphatic heterocycles. The first-order valence-electron chi connectivity index (χ1n) is 25.9. The molecule has 0 bridgehead atoms. The number of hydrogen-bond acceptors (Lipinski definition) is 4. The molecule has 3 aromatic heterocycles. The minimum Gasteiger partial charge on any atom is -0.455 e. The maximum atomic E-state index is 7.27. The van der Waals surface area contributed by atoms with Gasteiger partial charge in [0.25, 0.3) is 0 Å². The number of hydrogen-bond donors (Lipinski definition) is 0. The van der Waals surface area contributed by atoms with Crippen LogP contribution in [0.3, 0.4) is 0 Å². The molecule has 0 fully saturated rings. The number of para-hydroxylation sites is 1. The average Bonchev–Trinajstić information content (AvgIpc) is 3.89. The van der Waals surface area contributed by atoms with Crippen molar-refractivity contribution in [3.63, 3.8) is 0 Å². The third-order valence-corrected chi connectivity index (χ3v) is 16.3. The fourth-order valence-electron chi connectivity index (χ4n) is 12.4. The Balaban J connectivity index is 1.24. The van der Waals surface area contributed by atoms with Crippen molar-refractivity contribution >= 4 is 122 Å². The first kappa shape index (κ1) is 43.4. The second-order valence-corrected chi connectivity index (χ2v) is 25.1. The van der Waals surface area contributed by atoms with Crippen LogP contribution in [0.1, 0.15) is 105 Å². The average molecular weight is 935 g/mol. The molecule has 0 aliphatic carbocycles. The number of fused-ring (bicyclic) bond motifs is 19. The van der Waals surface area contributed by atoms with Gasteiger partial charge < -0.3 is 13.8 Å². The Hall–Kier alpha value is -7.44. The van der Waals surface area contributed by atoms with E-state index >= 15 is 0 Å². The molecule has 0 N–H and O–H groups in total. The lowest BCUT2D eigenvalue weighted by molar-refractivity contribution is 0.569. The van der Waals surface area contributed by atoms with E-state index in [4.69, 9.17) is 14.4 Å². The second kappa shape index (κ2) is 14.2. The smallest absolute Gasteiger partial charge is 0.335 e. The van der Waals surface area contributed by atoms with Crippen LogP contribution in [0.4, 0.5) is 17.1 Å². The minimum absolute atomic E-state index is 0.0466. The van der Waals surface area contributed by atoms with Gasteiger partial charge >= 0.3 is 6.85 Å². The fourth-order valence-corrected chi connectivity index (χ4v) is 12.4. The molecule has 6 heteroatoms. The Morgan fingerprint density at radius 3 is 1.64 bits per heavy atom. The predicted molar refractivity (Wildman–Crippen MR) is 308 cm³/mol. The maximum absolute atomic E-state index is 7.27. The van der Waals surface area contributed by atoms with Gasteiger partial charge in [0.1, 0.15) is 11.2 Å². The number of furan rings is 1. The zero-order valence-electron chi connectivity index (χ0n) is 43.6. The van der Waals surface area contributed by atoms with Gasteiger partial charge in [0.2, 0.25) is 0 Å². The molecule has 0 radical (unpaired) electrons. The Bertz CT molecular complexity index is 4360. The van der Waals surface area contributed by atoms with E-state index in [0.29, 0.717) is 0 Å². The van der Waals surface area contributed by atoms with E-state index in [2.05, 4.69) is 232 Å². The van der Waals surface area contributed by atoms with Gasteiger partial charge in [-0.1, -0.05) is 162 Å². The van der Waals surface area contributed by atoms with Crippen molar-refractivity contribution in [3.05, 3.63) is 162 Å². The summed E-state index contributed by atoms with van der Waals surface area (Å²) >= 11 is 0. The van der Waals surface area contributed by atoms with Crippen molar-refractivity contribution in [1.82, 2.24) is 14.4 Å². The highest BCUT2D eigenvalue weighted by Gasteiger charge is 2.46. The summed E-state index contributed by atoms with van der Waals surface area (Å²) in [6.45, 7) is 27.7. The molecule has 9 aromatic carbocycles. The van der Waals surface area contributed by atoms with Crippen LogP contribution in [0.15, 0.2) is 144 Å². The van der Waals surface area contributed by atoms with Crippen molar-refractivity contribution in [2.75, 3.05) is 4.90 Å². The second-order valence-electron chi connectivity index (χ2n) is 25.1. The van der Waals surface area contributed by atoms with Gasteiger partial charge in [0.05, 0.1) is 22.1 Å². The third kappa shape index (κ3) is 5.95. The van der Waals surface area contributed by atoms with E-state index in [1.807, 2.05) is 0 Å². The van der Waals surface area contributed by atoms with Crippen LogP contribution in [0.5, 0.6) is 0 Å². The highest BCUT2D eigenvalue weighted by Crippen LogP contribution is 2.52. The Labute approximate surface area is 421 Å². The third-order valence-electron chi connectivity index (χ3n) is 16.3. The number of aromatic nitrogens is 3. The van der Waals surface area contributed by atoms with Gasteiger partial charge in [-0.05, 0) is 121 Å². The molecule has 72 heavy (non-hydrogen) atoms. The van der Waals surface area contributed by atoms with E-state index in [9.17, 15) is 0 Å². The molecule has 14 rings (SSSR count). The van der Waals surface area contributed by atoms with E-state index < -0.39 is 0 Å². The van der Waals surface area contributed by atoms with E-state index in [-0.39, 0.29) is 28.5 Å². The van der Waals surface area contributed by atoms with Crippen LogP contribution >= 0.6 is 0 Å². The molecule has 352 valence electrons. The van der Waals surface area contributed by atoms with Crippen molar-refractivity contribution in [2.24, 2.45) is 0 Å². The van der Waals surface area contributed by atoms with Crippen LogP contribution in [0.25, 0.3) is 98.5 Å². The van der Waals surface area contributed by atoms with Crippen molar-refractivity contribution in [1.29, 1.82) is 0 Å². The summed E-state index contributed by atoms with van der Waals surface area (Å²) in [5.74, 6) is 0. The number of nitrogens with zero attached hydrogens (tertiary/aromatic N) is 4. The molecule has 2 aliphatic rings. The van der Waals surface area contributed by atoms with E-state index in [1.165, 1.54) is 65.9 Å². The molecular weight excluding hydrogens is 876 g/mol. The summed E-state index contributed by atoms with van der Waals surface area (Å²) in [5.41, 5.74) is 20.9. The maximum Gasteiger partial charge on any atom is 0.335 e. The summed E-state index contributed by atoms with van der Waals surface area (Å²) < 4.78 is 9.95. The molecule has 12 aromatic rings. The van der Waals surface area contributed by atoms with E-state index in [1.54, 1.807) is 0 Å². The summed E-state index contributed by atoms with van der Waals surface area (Å²) in [6, 6.07) is 52.6. The van der Waals surface area contributed by atoms with Crippen LogP contribution in [0, 0.1) is 0 Å². The molecule has 0 spiro atoms. The van der Waals surface area contributed by atoms with E-state index in [0.717, 1.165) is 82.9 Å². The number of benzene rings is 9. The lowest BCUT2D eigenvalue weighted by Gasteiger charge is -2.41. The molecular formula is C66H59BN4O. The van der Waals surface area contributed by atoms with Crippen molar-refractivity contribution < 1.29 is 4.42 Å². The Morgan fingerprint density at radius 1 is 0.431 bits per heavy atom. The quantitative estimate of drug-likeness (QED) is 0.0935. The topological polar surface area (TPSA) is 47.1 Å². The van der Waals surface area contributed by atoms with Gasteiger partial charge in [-0.3, -0.25) is 0 Å². The van der Waals surface area contributed by atoms with Crippen LogP contribution in [-0.4, -0.2) is 21.3 Å². The van der Waals surface area contributed by atoms with Crippen molar-refractivity contribution in [2.45, 2.75) is 105 Å². The summed E-state index contributed by atoms with van der Waals surface area (Å²) in [4.78, 5) is 14.3. The van der Waals surface area contributed by atoms with Gasteiger partial charge in [-0.2, -0.15) is 0 Å². The van der Waals surface area contributed by atoms with Gasteiger partial charge in [-0.15, -0.1) is 0 Å². The monoisotopic (exact) mass is 934 g/mol. The summed E-state index contributed by atoms with van der Waals surface area (Å²) in [6.07, 6.45) is 0. The largest absolute Gasteiger partial charge is 0.455 e. The zero-order valence-corrected chi connectivity index (χ0v) is 43.6. The molecule has 0 saturated heterocycles. The van der Waals surface area contributed by atoms with Gasteiger partial charge in [0, 0.05) is 77.0 Å². The predicted octanol–water partition coefficient (Wildman–Crippen LogP) is 16.7. The number of anilines is 3. The molecule has 0 saturated carbocycles. The minimum atomic E-state index is -0.289. The number of rotatable bonds is 1. The van der Waals surface area contributed by atoms with Crippen LogP contribution in [0.2, 0.25) is 0 Å². The van der Waals surface area contributed by atoms with Crippen molar-refractivity contribution in [3.8, 4) is 11.1 Å². The highest BCUT2D eigenvalue weighted by atomic mass is 16.3. The fraction of sp³-hybridized carbons (Fsp3) is 0.242. The first-order chi connectivity index (χ1) is 34.2. The molecule has 5 nitrogen and oxygen atoms in total. The molecule has 0 amide bonds. The standard InChI is InChI=1S/C66H59BN4O/c1-63(2,3)36-25-27-51-46(32-36)47-33-39(66(10,11)12)34-49-55-56-53(35-48-43-21-17-18-24-54(43)72-62(48)55)70(40-30-37(64(4,5)6)29-38(31-40)65(7,8)9)52-28-26-50-60(57(52)67(56)71(51)61(47)49)69-59-45-23-16-14-20-42(45)41-19-13-15-22-44(41)58(59)68-50/h13-35H,1-12H3. The lowest BCUT2D eigenvalue weighted by atomic mass is 9.44. The zero-order chi connectivity index (χ0) is 49.7. The molecule has 0 unspecified atom stereocenters. The summed E-state index contributed by atoms with van der Waals surface area (Å²) in [7, 11) is 0. The molecule has 0 atom stereocenters.